The maximum Gasteiger partial charge on any atom is 0.347 e. The summed E-state index contributed by atoms with van der Waals surface area (Å²) in [6, 6.07) is 24.8. The first-order valence-electron chi connectivity index (χ1n) is 9.00. The molecule has 0 bridgehead atoms. The van der Waals surface area contributed by atoms with Crippen LogP contribution in [0, 0.1) is 0 Å². The van der Waals surface area contributed by atoms with E-state index >= 15 is 0 Å². The first-order chi connectivity index (χ1) is 13.4. The van der Waals surface area contributed by atoms with Crippen LogP contribution >= 0.6 is 0 Å². The van der Waals surface area contributed by atoms with E-state index in [-0.39, 0.29) is 0 Å². The molecule has 28 heavy (non-hydrogen) atoms. The van der Waals surface area contributed by atoms with Crippen LogP contribution in [0.2, 0.25) is 0 Å². The average Bonchev–Trinajstić information content (AvgIpc) is 2.69. The van der Waals surface area contributed by atoms with E-state index in [0.717, 1.165) is 22.7 Å². The highest BCUT2D eigenvalue weighted by molar-refractivity contribution is 5.76. The molecule has 0 fully saturated rings. The molecule has 0 aliphatic carbocycles. The molecular formula is C23H23NO4. The standard InChI is InChI=1S/C23H23NO4/c1-23(2,22(25)26)28-21-14-10-18(11-15-21)24-16-17-8-12-20(13-9-17)27-19-6-4-3-5-7-19/h3-15,24H,16H2,1-2H3,(H,25,26). The number of benzene rings is 3. The molecule has 5 heteroatoms. The van der Waals surface area contributed by atoms with Crippen molar-refractivity contribution in [3.05, 3.63) is 84.4 Å². The summed E-state index contributed by atoms with van der Waals surface area (Å²) in [4.78, 5) is 11.1. The van der Waals surface area contributed by atoms with Crippen LogP contribution in [-0.4, -0.2) is 16.7 Å². The van der Waals surface area contributed by atoms with Gasteiger partial charge in [-0.3, -0.25) is 0 Å². The number of hydrogen-bond donors (Lipinski definition) is 2. The largest absolute Gasteiger partial charge is 0.478 e. The lowest BCUT2D eigenvalue weighted by Crippen LogP contribution is -2.37. The SMILES string of the molecule is CC(C)(Oc1ccc(NCc2ccc(Oc3ccccc3)cc2)cc1)C(=O)O. The van der Waals surface area contributed by atoms with Crippen molar-refractivity contribution in [2.24, 2.45) is 0 Å². The van der Waals surface area contributed by atoms with Crippen molar-refractivity contribution < 1.29 is 19.4 Å². The number of rotatable bonds is 8. The maximum atomic E-state index is 11.1. The van der Waals surface area contributed by atoms with Crippen LogP contribution in [-0.2, 0) is 11.3 Å². The van der Waals surface area contributed by atoms with Gasteiger partial charge in [-0.25, -0.2) is 4.79 Å². The molecule has 0 spiro atoms. The molecule has 3 aromatic carbocycles. The molecular weight excluding hydrogens is 354 g/mol. The Bertz CT molecular complexity index is 904. The molecule has 0 aromatic heterocycles. The molecule has 0 amide bonds. The lowest BCUT2D eigenvalue weighted by atomic mass is 10.1. The van der Waals surface area contributed by atoms with Gasteiger partial charge in [0.25, 0.3) is 0 Å². The lowest BCUT2D eigenvalue weighted by molar-refractivity contribution is -0.152. The smallest absolute Gasteiger partial charge is 0.347 e. The molecule has 5 nitrogen and oxygen atoms in total. The Balaban J connectivity index is 1.53. The Morgan fingerprint density at radius 1 is 0.857 bits per heavy atom. The Morgan fingerprint density at radius 3 is 2.04 bits per heavy atom. The minimum atomic E-state index is -1.27. The zero-order valence-corrected chi connectivity index (χ0v) is 15.9. The van der Waals surface area contributed by atoms with Gasteiger partial charge in [0.05, 0.1) is 0 Å². The molecule has 3 rings (SSSR count). The molecule has 0 saturated carbocycles. The summed E-state index contributed by atoms with van der Waals surface area (Å²) in [7, 11) is 0. The van der Waals surface area contributed by atoms with Crippen LogP contribution in [0.1, 0.15) is 19.4 Å². The highest BCUT2D eigenvalue weighted by atomic mass is 16.5. The molecule has 0 radical (unpaired) electrons. The molecule has 0 unspecified atom stereocenters. The summed E-state index contributed by atoms with van der Waals surface area (Å²) >= 11 is 0. The molecule has 0 aliphatic heterocycles. The van der Waals surface area contributed by atoms with Gasteiger partial charge < -0.3 is 19.9 Å². The zero-order chi connectivity index (χ0) is 20.0. The van der Waals surface area contributed by atoms with Gasteiger partial charge in [-0.2, -0.15) is 0 Å². The third-order valence-electron chi connectivity index (χ3n) is 4.14. The van der Waals surface area contributed by atoms with Crippen molar-refractivity contribution in [3.63, 3.8) is 0 Å². The van der Waals surface area contributed by atoms with E-state index in [4.69, 9.17) is 14.6 Å². The summed E-state index contributed by atoms with van der Waals surface area (Å²) in [5.41, 5.74) is 0.774. The summed E-state index contributed by atoms with van der Waals surface area (Å²) in [6.07, 6.45) is 0. The third kappa shape index (κ3) is 5.27. The monoisotopic (exact) mass is 377 g/mol. The number of carbonyl (C=O) groups is 1. The summed E-state index contributed by atoms with van der Waals surface area (Å²) < 4.78 is 11.3. The fourth-order valence-electron chi connectivity index (χ4n) is 2.48. The number of carboxylic acids is 1. The first kappa shape index (κ1) is 19.3. The fraction of sp³-hybridized carbons (Fsp3) is 0.174. The number of ether oxygens (including phenoxy) is 2. The van der Waals surface area contributed by atoms with Crippen molar-refractivity contribution in [1.82, 2.24) is 0 Å². The van der Waals surface area contributed by atoms with Gasteiger partial charge in [0.2, 0.25) is 0 Å². The number of anilines is 1. The van der Waals surface area contributed by atoms with Crippen molar-refractivity contribution in [2.45, 2.75) is 26.0 Å². The summed E-state index contributed by atoms with van der Waals surface area (Å²) in [5.74, 6) is 1.11. The van der Waals surface area contributed by atoms with E-state index in [2.05, 4.69) is 5.32 Å². The number of carboxylic acid groups (broad SMARTS) is 1. The van der Waals surface area contributed by atoms with Crippen molar-refractivity contribution in [2.75, 3.05) is 5.32 Å². The first-order valence-corrected chi connectivity index (χ1v) is 9.00. The third-order valence-corrected chi connectivity index (χ3v) is 4.14. The number of hydrogen-bond acceptors (Lipinski definition) is 4. The molecule has 144 valence electrons. The predicted molar refractivity (Wildman–Crippen MR) is 109 cm³/mol. The summed E-state index contributed by atoms with van der Waals surface area (Å²) in [6.45, 7) is 3.70. The molecule has 0 saturated heterocycles. The molecule has 0 heterocycles. The van der Waals surface area contributed by atoms with Crippen molar-refractivity contribution in [3.8, 4) is 17.2 Å². The number of nitrogens with one attached hydrogen (secondary N) is 1. The van der Waals surface area contributed by atoms with Crippen LogP contribution in [0.25, 0.3) is 0 Å². The Kier molecular flexibility index (Phi) is 5.84. The van der Waals surface area contributed by atoms with Gasteiger partial charge in [-0.1, -0.05) is 30.3 Å². The second-order valence-electron chi connectivity index (χ2n) is 6.85. The van der Waals surface area contributed by atoms with Gasteiger partial charge >= 0.3 is 5.97 Å². The van der Waals surface area contributed by atoms with E-state index in [0.29, 0.717) is 12.3 Å². The topological polar surface area (TPSA) is 67.8 Å². The predicted octanol–water partition coefficient (Wildman–Crippen LogP) is 5.33. The highest BCUT2D eigenvalue weighted by Gasteiger charge is 2.29. The van der Waals surface area contributed by atoms with E-state index in [1.807, 2.05) is 66.7 Å². The van der Waals surface area contributed by atoms with Gasteiger partial charge in [-0.05, 0) is 67.9 Å². The van der Waals surface area contributed by atoms with E-state index in [1.165, 1.54) is 13.8 Å². The average molecular weight is 377 g/mol. The molecule has 0 atom stereocenters. The van der Waals surface area contributed by atoms with Crippen LogP contribution in [0.15, 0.2) is 78.9 Å². The Labute approximate surface area is 164 Å². The molecule has 2 N–H and O–H groups in total. The maximum absolute atomic E-state index is 11.1. The van der Waals surface area contributed by atoms with Gasteiger partial charge in [0.15, 0.2) is 5.60 Å². The van der Waals surface area contributed by atoms with Gasteiger partial charge in [0.1, 0.15) is 17.2 Å². The van der Waals surface area contributed by atoms with Crippen molar-refractivity contribution >= 4 is 11.7 Å². The van der Waals surface area contributed by atoms with E-state index in [9.17, 15) is 4.79 Å². The quantitative estimate of drug-likeness (QED) is 0.555. The Hall–Kier alpha value is -3.47. The Morgan fingerprint density at radius 2 is 1.43 bits per heavy atom. The van der Waals surface area contributed by atoms with E-state index in [1.54, 1.807) is 12.1 Å². The summed E-state index contributed by atoms with van der Waals surface area (Å²) in [5, 5.41) is 12.5. The van der Waals surface area contributed by atoms with Gasteiger partial charge in [0, 0.05) is 12.2 Å². The second-order valence-corrected chi connectivity index (χ2v) is 6.85. The number of para-hydroxylation sites is 1. The van der Waals surface area contributed by atoms with E-state index < -0.39 is 11.6 Å². The molecule has 3 aromatic rings. The zero-order valence-electron chi connectivity index (χ0n) is 15.9. The van der Waals surface area contributed by atoms with Crippen LogP contribution in [0.4, 0.5) is 5.69 Å². The molecule has 0 aliphatic rings. The minimum absolute atomic E-state index is 0.514. The van der Waals surface area contributed by atoms with Crippen LogP contribution < -0.4 is 14.8 Å². The highest BCUT2D eigenvalue weighted by Crippen LogP contribution is 2.23. The van der Waals surface area contributed by atoms with Crippen LogP contribution in [0.3, 0.4) is 0 Å². The van der Waals surface area contributed by atoms with Crippen LogP contribution in [0.5, 0.6) is 17.2 Å². The van der Waals surface area contributed by atoms with Crippen molar-refractivity contribution in [1.29, 1.82) is 0 Å². The fourth-order valence-corrected chi connectivity index (χ4v) is 2.48. The number of aliphatic carboxylic acids is 1. The minimum Gasteiger partial charge on any atom is -0.478 e. The van der Waals surface area contributed by atoms with Gasteiger partial charge in [-0.15, -0.1) is 0 Å². The lowest BCUT2D eigenvalue weighted by Gasteiger charge is -2.21. The second kappa shape index (κ2) is 8.48. The normalized spacial score (nSPS) is 10.9.